The van der Waals surface area contributed by atoms with Crippen molar-refractivity contribution in [3.8, 4) is 0 Å². The van der Waals surface area contributed by atoms with E-state index >= 15 is 0 Å². The fraction of sp³-hybridized carbons (Fsp3) is 0.111. The van der Waals surface area contributed by atoms with Crippen molar-refractivity contribution >= 4 is 17.6 Å². The molecule has 92 valence electrons. The summed E-state index contributed by atoms with van der Waals surface area (Å²) in [6.07, 6.45) is -5.15. The molecule has 8 heteroatoms. The van der Waals surface area contributed by atoms with Gasteiger partial charge in [0.1, 0.15) is 0 Å². The minimum absolute atomic E-state index is 0.0394. The molecule has 0 aromatic heterocycles. The van der Waals surface area contributed by atoms with Gasteiger partial charge in [-0.2, -0.15) is 13.2 Å². The van der Waals surface area contributed by atoms with E-state index in [0.717, 1.165) is 0 Å². The molecule has 0 aliphatic heterocycles. The maximum atomic E-state index is 12.0. The highest BCUT2D eigenvalue weighted by molar-refractivity contribution is 5.93. The Morgan fingerprint density at radius 2 is 1.82 bits per heavy atom. The van der Waals surface area contributed by atoms with E-state index in [1.165, 1.54) is 24.3 Å². The monoisotopic (exact) mass is 247 g/mol. The van der Waals surface area contributed by atoms with Crippen LogP contribution in [0.2, 0.25) is 0 Å². The lowest BCUT2D eigenvalue weighted by Gasteiger charge is -2.21. The third-order valence-electron chi connectivity index (χ3n) is 1.62. The molecule has 0 radical (unpaired) electrons. The maximum Gasteiger partial charge on any atom is 0.493 e. The van der Waals surface area contributed by atoms with Gasteiger partial charge in [-0.15, -0.1) is 5.06 Å². The number of hydroxylamine groups is 1. The van der Waals surface area contributed by atoms with E-state index in [0.29, 0.717) is 0 Å². The number of nitrogens with two attached hydrogens (primary N) is 1. The first kappa shape index (κ1) is 12.8. The van der Waals surface area contributed by atoms with Crippen molar-refractivity contribution < 1.29 is 22.8 Å². The summed E-state index contributed by atoms with van der Waals surface area (Å²) < 4.78 is 35.9. The molecule has 0 fully saturated rings. The van der Waals surface area contributed by atoms with Gasteiger partial charge in [-0.25, -0.2) is 4.79 Å². The Morgan fingerprint density at radius 1 is 1.29 bits per heavy atom. The van der Waals surface area contributed by atoms with E-state index in [1.807, 2.05) is 0 Å². The number of guanidine groups is 1. The summed E-state index contributed by atoms with van der Waals surface area (Å²) in [6.45, 7) is 0. The van der Waals surface area contributed by atoms with Crippen LogP contribution in [0.4, 0.5) is 18.9 Å². The predicted molar refractivity (Wildman–Crippen MR) is 53.0 cm³/mol. The lowest BCUT2D eigenvalue weighted by molar-refractivity contribution is -0.199. The summed E-state index contributed by atoms with van der Waals surface area (Å²) in [5.74, 6) is -3.29. The molecule has 0 amide bonds. The van der Waals surface area contributed by atoms with E-state index in [2.05, 4.69) is 4.84 Å². The minimum Gasteiger partial charge on any atom is -0.367 e. The topological polar surface area (TPSA) is 79.4 Å². The van der Waals surface area contributed by atoms with Crippen LogP contribution in [0, 0.1) is 5.41 Å². The van der Waals surface area contributed by atoms with Crippen LogP contribution in [0.1, 0.15) is 0 Å². The largest absolute Gasteiger partial charge is 0.493 e. The molecule has 0 aliphatic rings. The SMILES string of the molecule is N=C(N)N(OC(=O)C(F)(F)F)c1ccccc1. The molecule has 0 unspecified atom stereocenters. The highest BCUT2D eigenvalue weighted by atomic mass is 19.4. The Balaban J connectivity index is 2.90. The molecule has 17 heavy (non-hydrogen) atoms. The first-order valence-electron chi connectivity index (χ1n) is 4.30. The van der Waals surface area contributed by atoms with Crippen LogP contribution in [-0.4, -0.2) is 18.1 Å². The summed E-state index contributed by atoms with van der Waals surface area (Å²) in [5.41, 5.74) is 5.06. The van der Waals surface area contributed by atoms with Crippen LogP contribution in [-0.2, 0) is 9.63 Å². The summed E-state index contributed by atoms with van der Waals surface area (Å²) in [5, 5.41) is 7.33. The number of para-hydroxylation sites is 1. The van der Waals surface area contributed by atoms with Crippen LogP contribution >= 0.6 is 0 Å². The maximum absolute atomic E-state index is 12.0. The molecule has 0 aliphatic carbocycles. The van der Waals surface area contributed by atoms with Gasteiger partial charge in [0.15, 0.2) is 0 Å². The number of halogens is 3. The van der Waals surface area contributed by atoms with Crippen molar-refractivity contribution in [1.29, 1.82) is 5.41 Å². The normalized spacial score (nSPS) is 10.8. The number of anilines is 1. The van der Waals surface area contributed by atoms with Crippen LogP contribution in [0.3, 0.4) is 0 Å². The highest BCUT2D eigenvalue weighted by Gasteiger charge is 2.43. The Hall–Kier alpha value is -2.25. The van der Waals surface area contributed by atoms with Gasteiger partial charge in [0.05, 0.1) is 5.69 Å². The van der Waals surface area contributed by atoms with E-state index in [4.69, 9.17) is 11.1 Å². The summed E-state index contributed by atoms with van der Waals surface area (Å²) >= 11 is 0. The van der Waals surface area contributed by atoms with Gasteiger partial charge >= 0.3 is 12.1 Å². The zero-order valence-electron chi connectivity index (χ0n) is 8.36. The van der Waals surface area contributed by atoms with E-state index in [1.54, 1.807) is 6.07 Å². The Kier molecular flexibility index (Phi) is 3.56. The quantitative estimate of drug-likeness (QED) is 0.446. The van der Waals surface area contributed by atoms with E-state index in [-0.39, 0.29) is 10.8 Å². The second-order valence-corrected chi connectivity index (χ2v) is 2.89. The Labute approximate surface area is 94.0 Å². The van der Waals surface area contributed by atoms with Crippen LogP contribution in [0.15, 0.2) is 30.3 Å². The van der Waals surface area contributed by atoms with E-state index in [9.17, 15) is 18.0 Å². The number of alkyl halides is 3. The highest BCUT2D eigenvalue weighted by Crippen LogP contribution is 2.20. The van der Waals surface area contributed by atoms with Crippen molar-refractivity contribution in [3.63, 3.8) is 0 Å². The third kappa shape index (κ3) is 3.37. The standard InChI is InChI=1S/C9H8F3N3O2/c10-9(11,12)7(16)17-15(8(13)14)6-4-2-1-3-5-6/h1-5H,(H3,13,14). The average Bonchev–Trinajstić information content (AvgIpc) is 2.25. The number of carbonyl (C=O) groups excluding carboxylic acids is 1. The average molecular weight is 247 g/mol. The Morgan fingerprint density at radius 3 is 2.24 bits per heavy atom. The molecular formula is C9H8F3N3O2. The van der Waals surface area contributed by atoms with Crippen molar-refractivity contribution in [2.45, 2.75) is 6.18 Å². The molecule has 1 rings (SSSR count). The number of carbonyl (C=O) groups is 1. The number of nitrogens with one attached hydrogen (secondary N) is 1. The summed E-state index contributed by atoms with van der Waals surface area (Å²) in [7, 11) is 0. The first-order chi connectivity index (χ1) is 7.82. The molecule has 0 spiro atoms. The van der Waals surface area contributed by atoms with Gasteiger partial charge in [-0.1, -0.05) is 18.2 Å². The zero-order chi connectivity index (χ0) is 13.1. The molecule has 0 heterocycles. The zero-order valence-corrected chi connectivity index (χ0v) is 8.36. The van der Waals surface area contributed by atoms with Gasteiger partial charge in [-0.3, -0.25) is 5.41 Å². The minimum atomic E-state index is -5.15. The number of benzene rings is 1. The van der Waals surface area contributed by atoms with Crippen LogP contribution in [0.5, 0.6) is 0 Å². The molecule has 0 bridgehead atoms. The van der Waals surface area contributed by atoms with Crippen LogP contribution < -0.4 is 10.8 Å². The second kappa shape index (κ2) is 4.73. The summed E-state index contributed by atoms with van der Waals surface area (Å²) in [6, 6.07) is 7.27. The lowest BCUT2D eigenvalue weighted by Crippen LogP contribution is -2.42. The smallest absolute Gasteiger partial charge is 0.367 e. The fourth-order valence-corrected chi connectivity index (χ4v) is 0.939. The van der Waals surface area contributed by atoms with Crippen molar-refractivity contribution in [3.05, 3.63) is 30.3 Å². The third-order valence-corrected chi connectivity index (χ3v) is 1.62. The molecule has 0 saturated carbocycles. The number of rotatable bonds is 1. The van der Waals surface area contributed by atoms with Gasteiger partial charge in [0.2, 0.25) is 5.96 Å². The first-order valence-corrected chi connectivity index (χ1v) is 4.30. The van der Waals surface area contributed by atoms with Gasteiger partial charge < -0.3 is 10.6 Å². The van der Waals surface area contributed by atoms with Gasteiger partial charge in [-0.05, 0) is 12.1 Å². The molecule has 3 N–H and O–H groups in total. The fourth-order valence-electron chi connectivity index (χ4n) is 0.939. The van der Waals surface area contributed by atoms with E-state index < -0.39 is 18.1 Å². The molecule has 0 atom stereocenters. The van der Waals surface area contributed by atoms with Gasteiger partial charge in [0, 0.05) is 0 Å². The van der Waals surface area contributed by atoms with Crippen molar-refractivity contribution in [1.82, 2.24) is 0 Å². The van der Waals surface area contributed by atoms with Crippen molar-refractivity contribution in [2.24, 2.45) is 5.73 Å². The lowest BCUT2D eigenvalue weighted by atomic mass is 10.3. The molecule has 5 nitrogen and oxygen atoms in total. The summed E-state index contributed by atoms with van der Waals surface area (Å²) in [4.78, 5) is 14.6. The van der Waals surface area contributed by atoms with Crippen LogP contribution in [0.25, 0.3) is 0 Å². The number of hydrogen-bond acceptors (Lipinski definition) is 3. The second-order valence-electron chi connectivity index (χ2n) is 2.89. The van der Waals surface area contributed by atoms with Crippen molar-refractivity contribution in [2.75, 3.05) is 5.06 Å². The van der Waals surface area contributed by atoms with Gasteiger partial charge in [0.25, 0.3) is 0 Å². The number of hydrogen-bond donors (Lipinski definition) is 2. The predicted octanol–water partition coefficient (Wildman–Crippen LogP) is 1.41. The Bertz CT molecular complexity index is 419. The molecule has 1 aromatic carbocycles. The molecular weight excluding hydrogens is 239 g/mol. The molecule has 0 saturated heterocycles. The molecule has 1 aromatic rings. The number of nitrogens with zero attached hydrogens (tertiary/aromatic N) is 1.